The van der Waals surface area contributed by atoms with Gasteiger partial charge < -0.3 is 10.1 Å². The van der Waals surface area contributed by atoms with Crippen LogP contribution >= 0.6 is 11.6 Å². The van der Waals surface area contributed by atoms with Crippen LogP contribution in [0.3, 0.4) is 0 Å². The van der Waals surface area contributed by atoms with E-state index in [1.165, 1.54) is 5.56 Å². The van der Waals surface area contributed by atoms with Crippen molar-refractivity contribution < 1.29 is 4.74 Å². The number of hydrogen-bond acceptors (Lipinski definition) is 2. The minimum absolute atomic E-state index is 0.432. The zero-order chi connectivity index (χ0) is 15.1. The maximum atomic E-state index is 6.27. The highest BCUT2D eigenvalue weighted by molar-refractivity contribution is 6.32. The van der Waals surface area contributed by atoms with Gasteiger partial charge in [-0.2, -0.15) is 0 Å². The predicted octanol–water partition coefficient (Wildman–Crippen LogP) is 4.46. The zero-order valence-corrected chi connectivity index (χ0v) is 13.4. The quantitative estimate of drug-likeness (QED) is 0.815. The Labute approximate surface area is 132 Å². The minimum atomic E-state index is 0.432. The van der Waals surface area contributed by atoms with Gasteiger partial charge in [0.2, 0.25) is 0 Å². The molecule has 0 aromatic heterocycles. The molecule has 0 bridgehead atoms. The molecule has 1 N–H and O–H groups in total. The highest BCUT2D eigenvalue weighted by atomic mass is 35.5. The molecule has 0 spiro atoms. The third-order valence-electron chi connectivity index (χ3n) is 3.23. The summed E-state index contributed by atoms with van der Waals surface area (Å²) in [6, 6.07) is 16.6. The first-order valence-corrected chi connectivity index (χ1v) is 7.72. The van der Waals surface area contributed by atoms with Crippen molar-refractivity contribution in [1.29, 1.82) is 0 Å². The first kappa shape index (κ1) is 15.9. The van der Waals surface area contributed by atoms with E-state index in [1.807, 2.05) is 30.3 Å². The molecule has 3 heteroatoms. The Morgan fingerprint density at radius 1 is 1.05 bits per heavy atom. The van der Waals surface area contributed by atoms with Gasteiger partial charge in [-0.3, -0.25) is 0 Å². The molecule has 0 saturated carbocycles. The third kappa shape index (κ3) is 5.07. The lowest BCUT2D eigenvalue weighted by Crippen LogP contribution is -2.22. The first-order chi connectivity index (χ1) is 10.2. The Morgan fingerprint density at radius 3 is 2.52 bits per heavy atom. The summed E-state index contributed by atoms with van der Waals surface area (Å²) in [5.74, 6) is 0.795. The third-order valence-corrected chi connectivity index (χ3v) is 3.53. The predicted molar refractivity (Wildman–Crippen MR) is 89.1 cm³/mol. The van der Waals surface area contributed by atoms with E-state index >= 15 is 0 Å². The molecule has 0 amide bonds. The molecule has 0 aliphatic rings. The molecule has 0 saturated heterocycles. The summed E-state index contributed by atoms with van der Waals surface area (Å²) in [4.78, 5) is 0. The molecule has 0 heterocycles. The number of nitrogens with one attached hydrogen (secondary N) is 1. The lowest BCUT2D eigenvalue weighted by atomic mass is 10.1. The normalized spacial score (nSPS) is 10.9. The summed E-state index contributed by atoms with van der Waals surface area (Å²) in [7, 11) is 0. The van der Waals surface area contributed by atoms with Crippen molar-refractivity contribution in [3.63, 3.8) is 0 Å². The van der Waals surface area contributed by atoms with Gasteiger partial charge in [-0.1, -0.05) is 67.9 Å². The van der Waals surface area contributed by atoms with Gasteiger partial charge in [0.25, 0.3) is 0 Å². The summed E-state index contributed by atoms with van der Waals surface area (Å²) in [6.07, 6.45) is 0.878. The second-order valence-electron chi connectivity index (χ2n) is 5.35. The molecule has 2 aromatic rings. The van der Waals surface area contributed by atoms with E-state index in [0.29, 0.717) is 17.7 Å². The van der Waals surface area contributed by atoms with Crippen LogP contribution in [0.15, 0.2) is 48.5 Å². The number of para-hydroxylation sites is 1. The van der Waals surface area contributed by atoms with Crippen LogP contribution in [0.25, 0.3) is 0 Å². The summed E-state index contributed by atoms with van der Waals surface area (Å²) in [6.45, 7) is 5.64. The Hall–Kier alpha value is -1.51. The molecule has 2 rings (SSSR count). The molecular weight excluding hydrogens is 282 g/mol. The van der Waals surface area contributed by atoms with Crippen molar-refractivity contribution in [1.82, 2.24) is 5.32 Å². The molecule has 2 nitrogen and oxygen atoms in total. The smallest absolute Gasteiger partial charge is 0.142 e. The molecule has 0 radical (unpaired) electrons. The summed E-state index contributed by atoms with van der Waals surface area (Å²) < 4.78 is 5.93. The van der Waals surface area contributed by atoms with E-state index in [-0.39, 0.29) is 0 Å². The van der Waals surface area contributed by atoms with Crippen molar-refractivity contribution in [3.8, 4) is 5.75 Å². The Morgan fingerprint density at radius 2 is 1.81 bits per heavy atom. The second-order valence-corrected chi connectivity index (χ2v) is 5.75. The Bertz CT molecular complexity index is 554. The zero-order valence-electron chi connectivity index (χ0n) is 12.6. The monoisotopic (exact) mass is 303 g/mol. The largest absolute Gasteiger partial charge is 0.491 e. The number of ether oxygens (including phenoxy) is 1. The second kappa shape index (κ2) is 8.06. The molecule has 0 unspecified atom stereocenters. The van der Waals surface area contributed by atoms with Crippen LogP contribution in [0.5, 0.6) is 5.75 Å². The molecule has 0 aliphatic heterocycles. The van der Waals surface area contributed by atoms with Crippen LogP contribution in [0.2, 0.25) is 5.02 Å². The van der Waals surface area contributed by atoms with E-state index < -0.39 is 0 Å². The molecule has 21 heavy (non-hydrogen) atoms. The van der Waals surface area contributed by atoms with Gasteiger partial charge in [-0.25, -0.2) is 0 Å². The molecule has 0 fully saturated rings. The topological polar surface area (TPSA) is 21.3 Å². The number of rotatable bonds is 7. The van der Waals surface area contributed by atoms with Crippen LogP contribution < -0.4 is 10.1 Å². The Kier molecular flexibility index (Phi) is 6.09. The van der Waals surface area contributed by atoms with Gasteiger partial charge in [-0.05, 0) is 11.6 Å². The van der Waals surface area contributed by atoms with Gasteiger partial charge in [0.15, 0.2) is 0 Å². The van der Waals surface area contributed by atoms with E-state index in [1.54, 1.807) is 0 Å². The average Bonchev–Trinajstić information content (AvgIpc) is 2.48. The SMILES string of the molecule is CC(C)NCc1cccc(Cl)c1OCCc1ccccc1. The maximum Gasteiger partial charge on any atom is 0.142 e. The van der Waals surface area contributed by atoms with Crippen molar-refractivity contribution in [2.45, 2.75) is 32.9 Å². The summed E-state index contributed by atoms with van der Waals surface area (Å²) >= 11 is 6.27. The van der Waals surface area contributed by atoms with Gasteiger partial charge in [0.05, 0.1) is 11.6 Å². The molecule has 0 atom stereocenters. The fourth-order valence-corrected chi connectivity index (χ4v) is 2.33. The molecule has 112 valence electrons. The minimum Gasteiger partial charge on any atom is -0.491 e. The summed E-state index contributed by atoms with van der Waals surface area (Å²) in [5, 5.41) is 4.07. The first-order valence-electron chi connectivity index (χ1n) is 7.34. The molecule has 2 aromatic carbocycles. The van der Waals surface area contributed by atoms with Crippen LogP contribution in [0, 0.1) is 0 Å². The Balaban J connectivity index is 1.98. The van der Waals surface area contributed by atoms with Gasteiger partial charge in [-0.15, -0.1) is 0 Å². The molecule has 0 aliphatic carbocycles. The van der Waals surface area contributed by atoms with Crippen molar-refractivity contribution in [3.05, 3.63) is 64.7 Å². The van der Waals surface area contributed by atoms with Crippen LogP contribution in [-0.2, 0) is 13.0 Å². The van der Waals surface area contributed by atoms with Gasteiger partial charge >= 0.3 is 0 Å². The van der Waals surface area contributed by atoms with E-state index in [9.17, 15) is 0 Å². The molecular formula is C18H22ClNO. The highest BCUT2D eigenvalue weighted by Gasteiger charge is 2.09. The van der Waals surface area contributed by atoms with E-state index in [2.05, 4.69) is 37.4 Å². The van der Waals surface area contributed by atoms with Crippen LogP contribution in [-0.4, -0.2) is 12.6 Å². The van der Waals surface area contributed by atoms with E-state index in [0.717, 1.165) is 24.3 Å². The standard InChI is InChI=1S/C18H22ClNO/c1-14(2)20-13-16-9-6-10-17(19)18(16)21-12-11-15-7-4-3-5-8-15/h3-10,14,20H,11-13H2,1-2H3. The lowest BCUT2D eigenvalue weighted by Gasteiger charge is -2.15. The number of benzene rings is 2. The van der Waals surface area contributed by atoms with Crippen molar-refractivity contribution in [2.75, 3.05) is 6.61 Å². The fraction of sp³-hybridized carbons (Fsp3) is 0.333. The summed E-state index contributed by atoms with van der Waals surface area (Å²) in [5.41, 5.74) is 2.37. The lowest BCUT2D eigenvalue weighted by molar-refractivity contribution is 0.317. The average molecular weight is 304 g/mol. The van der Waals surface area contributed by atoms with E-state index in [4.69, 9.17) is 16.3 Å². The van der Waals surface area contributed by atoms with Gasteiger partial charge in [0.1, 0.15) is 5.75 Å². The maximum absolute atomic E-state index is 6.27. The van der Waals surface area contributed by atoms with Crippen LogP contribution in [0.1, 0.15) is 25.0 Å². The van der Waals surface area contributed by atoms with Gasteiger partial charge in [0, 0.05) is 24.6 Å². The van der Waals surface area contributed by atoms with Crippen molar-refractivity contribution >= 4 is 11.6 Å². The number of hydrogen-bond donors (Lipinski definition) is 1. The fourth-order valence-electron chi connectivity index (χ4n) is 2.08. The highest BCUT2D eigenvalue weighted by Crippen LogP contribution is 2.28. The number of halogens is 1. The van der Waals surface area contributed by atoms with Crippen LogP contribution in [0.4, 0.5) is 0 Å². The van der Waals surface area contributed by atoms with Crippen molar-refractivity contribution in [2.24, 2.45) is 0 Å².